The Bertz CT molecular complexity index is 1100. The summed E-state index contributed by atoms with van der Waals surface area (Å²) in [4.78, 5) is 24.8. The fraction of sp³-hybridized carbons (Fsp3) is 0.273. The van der Waals surface area contributed by atoms with Gasteiger partial charge in [0.15, 0.2) is 0 Å². The van der Waals surface area contributed by atoms with Crippen molar-refractivity contribution in [3.8, 4) is 11.1 Å². The number of nitrogens with one attached hydrogen (secondary N) is 1. The van der Waals surface area contributed by atoms with E-state index in [9.17, 15) is 18.0 Å². The molecule has 1 aliphatic carbocycles. The van der Waals surface area contributed by atoms with Crippen LogP contribution in [0.5, 0.6) is 0 Å². The second kappa shape index (κ2) is 8.63. The molecule has 0 atom stereocenters. The lowest BCUT2D eigenvalue weighted by atomic mass is 9.83. The number of nitrogens with zero attached hydrogens (tertiary/aromatic N) is 3. The zero-order valence-corrected chi connectivity index (χ0v) is 17.0. The molecule has 0 bridgehead atoms. The molecule has 160 valence electrons. The molecule has 1 aliphatic rings. The molecule has 1 saturated carbocycles. The predicted octanol–water partition coefficient (Wildman–Crippen LogP) is 5.88. The number of carbonyl (C=O) groups is 1. The Kier molecular flexibility index (Phi) is 5.91. The van der Waals surface area contributed by atoms with Crippen LogP contribution in [0.25, 0.3) is 11.1 Å². The molecule has 0 aliphatic heterocycles. The van der Waals surface area contributed by atoms with Crippen LogP contribution in [0.15, 0.2) is 48.9 Å². The van der Waals surface area contributed by atoms with Gasteiger partial charge in [-0.25, -0.2) is 23.1 Å². The Morgan fingerprint density at radius 1 is 1.03 bits per heavy atom. The summed E-state index contributed by atoms with van der Waals surface area (Å²) in [6.45, 7) is 0. The van der Waals surface area contributed by atoms with Crippen LogP contribution in [0.2, 0.25) is 5.28 Å². The molecule has 0 radical (unpaired) electrons. The molecule has 0 spiro atoms. The van der Waals surface area contributed by atoms with Gasteiger partial charge in [-0.2, -0.15) is 0 Å². The summed E-state index contributed by atoms with van der Waals surface area (Å²) in [6.07, 6.45) is 3.95. The van der Waals surface area contributed by atoms with Gasteiger partial charge in [-0.05, 0) is 36.6 Å². The molecule has 1 amide bonds. The zero-order chi connectivity index (χ0) is 22.0. The van der Waals surface area contributed by atoms with Crippen LogP contribution in [0.3, 0.4) is 0 Å². The summed E-state index contributed by atoms with van der Waals surface area (Å²) in [6, 6.07) is 7.73. The number of rotatable bonds is 4. The standard InChI is InChI=1S/C22H18ClF3N4O/c23-21-28-11-14(12-29-21)20(31)30-19-16(15-3-1-2-4-17(15)24)7-10-27-18(19)13-5-8-22(25,26)9-6-13/h1-4,7,10-13H,5-6,8-9H2,(H,30,31). The first-order valence-electron chi connectivity index (χ1n) is 9.74. The second-order valence-electron chi connectivity index (χ2n) is 7.42. The van der Waals surface area contributed by atoms with E-state index in [-0.39, 0.29) is 48.0 Å². The van der Waals surface area contributed by atoms with Crippen LogP contribution in [0.4, 0.5) is 18.9 Å². The topological polar surface area (TPSA) is 67.8 Å². The fourth-order valence-electron chi connectivity index (χ4n) is 3.75. The number of benzene rings is 1. The van der Waals surface area contributed by atoms with E-state index in [0.717, 1.165) is 0 Å². The molecule has 1 N–H and O–H groups in total. The lowest BCUT2D eigenvalue weighted by molar-refractivity contribution is -0.0384. The van der Waals surface area contributed by atoms with Crippen LogP contribution < -0.4 is 5.32 Å². The number of anilines is 1. The average molecular weight is 447 g/mol. The van der Waals surface area contributed by atoms with E-state index in [0.29, 0.717) is 16.9 Å². The van der Waals surface area contributed by atoms with Crippen molar-refractivity contribution in [3.63, 3.8) is 0 Å². The van der Waals surface area contributed by atoms with Crippen molar-refractivity contribution < 1.29 is 18.0 Å². The molecular formula is C22H18ClF3N4O. The van der Waals surface area contributed by atoms with Gasteiger partial charge in [0.2, 0.25) is 11.2 Å². The number of hydrogen-bond acceptors (Lipinski definition) is 4. The van der Waals surface area contributed by atoms with Crippen molar-refractivity contribution in [1.82, 2.24) is 15.0 Å². The van der Waals surface area contributed by atoms with E-state index >= 15 is 0 Å². The third kappa shape index (κ3) is 4.69. The zero-order valence-electron chi connectivity index (χ0n) is 16.3. The third-order valence-corrected chi connectivity index (χ3v) is 5.56. The number of amides is 1. The van der Waals surface area contributed by atoms with Gasteiger partial charge in [-0.15, -0.1) is 0 Å². The summed E-state index contributed by atoms with van der Waals surface area (Å²) in [7, 11) is 0. The van der Waals surface area contributed by atoms with Crippen LogP contribution >= 0.6 is 11.6 Å². The molecule has 4 rings (SSSR count). The minimum atomic E-state index is -2.70. The summed E-state index contributed by atoms with van der Waals surface area (Å²) in [5.41, 5.74) is 1.59. The highest BCUT2D eigenvalue weighted by molar-refractivity contribution is 6.28. The van der Waals surface area contributed by atoms with Gasteiger partial charge in [0.05, 0.1) is 16.9 Å². The van der Waals surface area contributed by atoms with Crippen LogP contribution in [0, 0.1) is 5.82 Å². The van der Waals surface area contributed by atoms with Gasteiger partial charge < -0.3 is 5.32 Å². The summed E-state index contributed by atoms with van der Waals surface area (Å²) < 4.78 is 42.0. The van der Waals surface area contributed by atoms with Crippen molar-refractivity contribution >= 4 is 23.2 Å². The number of alkyl halides is 2. The van der Waals surface area contributed by atoms with E-state index < -0.39 is 17.6 Å². The van der Waals surface area contributed by atoms with Crippen LogP contribution in [0.1, 0.15) is 47.7 Å². The first-order chi connectivity index (χ1) is 14.8. The summed E-state index contributed by atoms with van der Waals surface area (Å²) in [5, 5.41) is 2.77. The average Bonchev–Trinajstić information content (AvgIpc) is 2.75. The van der Waals surface area contributed by atoms with Crippen molar-refractivity contribution in [1.29, 1.82) is 0 Å². The van der Waals surface area contributed by atoms with Gasteiger partial charge in [0.25, 0.3) is 5.91 Å². The fourth-order valence-corrected chi connectivity index (χ4v) is 3.85. The molecule has 0 saturated heterocycles. The van der Waals surface area contributed by atoms with E-state index in [2.05, 4.69) is 20.3 Å². The van der Waals surface area contributed by atoms with Crippen molar-refractivity contribution in [3.05, 3.63) is 71.3 Å². The number of hydrogen-bond donors (Lipinski definition) is 1. The largest absolute Gasteiger partial charge is 0.320 e. The van der Waals surface area contributed by atoms with E-state index in [1.54, 1.807) is 24.3 Å². The Morgan fingerprint density at radius 3 is 2.39 bits per heavy atom. The van der Waals surface area contributed by atoms with Gasteiger partial charge >= 0.3 is 0 Å². The molecule has 2 heterocycles. The maximum atomic E-state index is 14.6. The molecule has 9 heteroatoms. The quantitative estimate of drug-likeness (QED) is 0.508. The third-order valence-electron chi connectivity index (χ3n) is 5.37. The lowest BCUT2D eigenvalue weighted by Crippen LogP contribution is -2.25. The molecule has 1 fully saturated rings. The van der Waals surface area contributed by atoms with Crippen molar-refractivity contribution in [2.75, 3.05) is 5.32 Å². The van der Waals surface area contributed by atoms with Gasteiger partial charge in [0.1, 0.15) is 5.82 Å². The predicted molar refractivity (Wildman–Crippen MR) is 111 cm³/mol. The number of halogens is 4. The molecule has 0 unspecified atom stereocenters. The molecule has 1 aromatic carbocycles. The SMILES string of the molecule is O=C(Nc1c(-c2ccccc2F)ccnc1C1CCC(F)(F)CC1)c1cnc(Cl)nc1. The highest BCUT2D eigenvalue weighted by Crippen LogP contribution is 2.44. The number of aromatic nitrogens is 3. The number of pyridine rings is 1. The second-order valence-corrected chi connectivity index (χ2v) is 7.76. The Morgan fingerprint density at radius 2 is 1.71 bits per heavy atom. The van der Waals surface area contributed by atoms with Crippen molar-refractivity contribution in [2.45, 2.75) is 37.5 Å². The summed E-state index contributed by atoms with van der Waals surface area (Å²) in [5.74, 6) is -4.00. The van der Waals surface area contributed by atoms with E-state index in [1.165, 1.54) is 24.7 Å². The van der Waals surface area contributed by atoms with Gasteiger partial charge in [-0.3, -0.25) is 9.78 Å². The minimum Gasteiger partial charge on any atom is -0.320 e. The minimum absolute atomic E-state index is 0.00574. The molecule has 5 nitrogen and oxygen atoms in total. The Labute approximate surface area is 181 Å². The Hall–Kier alpha value is -3.00. The van der Waals surface area contributed by atoms with Crippen LogP contribution in [-0.2, 0) is 0 Å². The molecular weight excluding hydrogens is 429 g/mol. The summed E-state index contributed by atoms with van der Waals surface area (Å²) >= 11 is 5.68. The lowest BCUT2D eigenvalue weighted by Gasteiger charge is -2.29. The molecule has 31 heavy (non-hydrogen) atoms. The Balaban J connectivity index is 1.76. The maximum absolute atomic E-state index is 14.6. The molecule has 2 aromatic heterocycles. The van der Waals surface area contributed by atoms with E-state index in [4.69, 9.17) is 11.6 Å². The van der Waals surface area contributed by atoms with Gasteiger partial charge in [0, 0.05) is 48.5 Å². The maximum Gasteiger partial charge on any atom is 0.258 e. The first-order valence-corrected chi connectivity index (χ1v) is 10.1. The molecule has 3 aromatic rings. The number of carbonyl (C=O) groups excluding carboxylic acids is 1. The van der Waals surface area contributed by atoms with Crippen molar-refractivity contribution in [2.24, 2.45) is 0 Å². The smallest absolute Gasteiger partial charge is 0.258 e. The van der Waals surface area contributed by atoms with Crippen LogP contribution in [-0.4, -0.2) is 26.8 Å². The first kappa shape index (κ1) is 21.2. The monoisotopic (exact) mass is 446 g/mol. The highest BCUT2D eigenvalue weighted by Gasteiger charge is 2.37. The van der Waals surface area contributed by atoms with E-state index in [1.807, 2.05) is 0 Å². The van der Waals surface area contributed by atoms with Gasteiger partial charge in [-0.1, -0.05) is 18.2 Å². The normalized spacial score (nSPS) is 16.1. The highest BCUT2D eigenvalue weighted by atomic mass is 35.5.